The number of aryl methyl sites for hydroxylation is 1. The number of rotatable bonds is 5. The second-order valence-corrected chi connectivity index (χ2v) is 6.55. The van der Waals surface area contributed by atoms with E-state index in [1.807, 2.05) is 75.5 Å². The van der Waals surface area contributed by atoms with Gasteiger partial charge < -0.3 is 9.67 Å². The molecule has 3 heteroatoms. The molecule has 1 aromatic heterocycles. The van der Waals surface area contributed by atoms with Gasteiger partial charge in [-0.1, -0.05) is 74.5 Å². The largest absolute Gasteiger partial charge is 0.379 e. The zero-order chi connectivity index (χ0) is 17.2. The van der Waals surface area contributed by atoms with Crippen molar-refractivity contribution in [1.29, 1.82) is 0 Å². The average molecular weight is 320 g/mol. The van der Waals surface area contributed by atoms with E-state index in [0.717, 1.165) is 17.1 Å². The van der Waals surface area contributed by atoms with Crippen LogP contribution in [0.4, 0.5) is 0 Å². The van der Waals surface area contributed by atoms with Crippen LogP contribution in [0.5, 0.6) is 0 Å². The van der Waals surface area contributed by atoms with E-state index in [-0.39, 0.29) is 5.92 Å². The lowest BCUT2D eigenvalue weighted by molar-refractivity contribution is 0.0242. The van der Waals surface area contributed by atoms with Gasteiger partial charge in [0.05, 0.1) is 11.9 Å². The Labute approximate surface area is 143 Å². The van der Waals surface area contributed by atoms with Gasteiger partial charge in [0.1, 0.15) is 11.4 Å². The molecular weight excluding hydrogens is 296 g/mol. The second-order valence-electron chi connectivity index (χ2n) is 6.55. The number of hydrogen-bond acceptors (Lipinski definition) is 2. The van der Waals surface area contributed by atoms with Crippen molar-refractivity contribution in [2.24, 2.45) is 5.92 Å². The minimum Gasteiger partial charge on any atom is -0.379 e. The van der Waals surface area contributed by atoms with Crippen molar-refractivity contribution < 1.29 is 5.11 Å². The molecule has 0 aliphatic heterocycles. The first kappa shape index (κ1) is 16.5. The molecule has 0 saturated heterocycles. The van der Waals surface area contributed by atoms with Gasteiger partial charge in [0.15, 0.2) is 0 Å². The normalized spacial score (nSPS) is 13.9. The SMILES string of the molecule is Cc1ncc(C(O)(c2ccccc2)C(C)C)n1Cc1ccccc1. The summed E-state index contributed by atoms with van der Waals surface area (Å²) < 4.78 is 2.11. The first-order chi connectivity index (χ1) is 11.5. The van der Waals surface area contributed by atoms with Crippen LogP contribution < -0.4 is 0 Å². The van der Waals surface area contributed by atoms with Crippen LogP contribution in [0, 0.1) is 12.8 Å². The maximum atomic E-state index is 11.6. The maximum absolute atomic E-state index is 11.6. The third-order valence-corrected chi connectivity index (χ3v) is 4.68. The lowest BCUT2D eigenvalue weighted by Gasteiger charge is -2.34. The molecule has 1 N–H and O–H groups in total. The Kier molecular flexibility index (Phi) is 4.54. The van der Waals surface area contributed by atoms with Crippen molar-refractivity contribution in [3.8, 4) is 0 Å². The average Bonchev–Trinajstić information content (AvgIpc) is 2.97. The zero-order valence-corrected chi connectivity index (χ0v) is 14.5. The lowest BCUT2D eigenvalue weighted by Crippen LogP contribution is -2.36. The summed E-state index contributed by atoms with van der Waals surface area (Å²) in [6.45, 7) is 6.77. The molecule has 0 radical (unpaired) electrons. The predicted molar refractivity (Wildman–Crippen MR) is 96.8 cm³/mol. The fourth-order valence-corrected chi connectivity index (χ4v) is 3.21. The first-order valence-electron chi connectivity index (χ1n) is 8.38. The molecule has 0 fully saturated rings. The molecular formula is C21H24N2O. The Balaban J connectivity index is 2.10. The molecule has 3 nitrogen and oxygen atoms in total. The quantitative estimate of drug-likeness (QED) is 0.767. The van der Waals surface area contributed by atoms with Crippen LogP contribution in [0.3, 0.4) is 0 Å². The van der Waals surface area contributed by atoms with E-state index in [1.165, 1.54) is 5.56 Å². The van der Waals surface area contributed by atoms with Gasteiger partial charge in [-0.15, -0.1) is 0 Å². The van der Waals surface area contributed by atoms with Gasteiger partial charge in [-0.05, 0) is 24.0 Å². The smallest absolute Gasteiger partial charge is 0.133 e. The van der Waals surface area contributed by atoms with Gasteiger partial charge >= 0.3 is 0 Å². The number of aromatic nitrogens is 2. The van der Waals surface area contributed by atoms with E-state index in [1.54, 1.807) is 0 Å². The Bertz CT molecular complexity index is 793. The van der Waals surface area contributed by atoms with E-state index >= 15 is 0 Å². The van der Waals surface area contributed by atoms with Crippen LogP contribution >= 0.6 is 0 Å². The predicted octanol–water partition coefficient (Wildman–Crippen LogP) is 4.13. The molecule has 0 bridgehead atoms. The number of nitrogens with zero attached hydrogens (tertiary/aromatic N) is 2. The molecule has 0 aliphatic carbocycles. The minimum atomic E-state index is -1.07. The summed E-state index contributed by atoms with van der Waals surface area (Å²) in [7, 11) is 0. The molecule has 3 rings (SSSR count). The maximum Gasteiger partial charge on any atom is 0.133 e. The molecule has 1 atom stereocenters. The van der Waals surface area contributed by atoms with E-state index in [2.05, 4.69) is 21.7 Å². The Morgan fingerprint density at radius 2 is 1.58 bits per heavy atom. The van der Waals surface area contributed by atoms with Gasteiger partial charge in [-0.3, -0.25) is 0 Å². The number of benzene rings is 2. The van der Waals surface area contributed by atoms with Crippen LogP contribution in [0.1, 0.15) is 36.5 Å². The van der Waals surface area contributed by atoms with Crippen LogP contribution in [-0.4, -0.2) is 14.7 Å². The van der Waals surface area contributed by atoms with Crippen molar-refractivity contribution >= 4 is 0 Å². The molecule has 1 heterocycles. The summed E-state index contributed by atoms with van der Waals surface area (Å²) in [6, 6.07) is 20.1. The molecule has 1 unspecified atom stereocenters. The van der Waals surface area contributed by atoms with E-state index in [4.69, 9.17) is 0 Å². The first-order valence-corrected chi connectivity index (χ1v) is 8.38. The summed E-state index contributed by atoms with van der Waals surface area (Å²) in [5, 5.41) is 11.6. The highest BCUT2D eigenvalue weighted by molar-refractivity contribution is 5.34. The topological polar surface area (TPSA) is 38.1 Å². The molecule has 24 heavy (non-hydrogen) atoms. The molecule has 0 spiro atoms. The zero-order valence-electron chi connectivity index (χ0n) is 14.5. The van der Waals surface area contributed by atoms with E-state index in [0.29, 0.717) is 6.54 Å². The van der Waals surface area contributed by atoms with Crippen molar-refractivity contribution in [3.63, 3.8) is 0 Å². The highest BCUT2D eigenvalue weighted by atomic mass is 16.3. The summed E-state index contributed by atoms with van der Waals surface area (Å²) in [4.78, 5) is 4.49. The number of imidazole rings is 1. The summed E-state index contributed by atoms with van der Waals surface area (Å²) in [5.74, 6) is 0.925. The van der Waals surface area contributed by atoms with E-state index in [9.17, 15) is 5.11 Å². The molecule has 0 amide bonds. The Morgan fingerprint density at radius 3 is 2.17 bits per heavy atom. The Hall–Kier alpha value is -2.39. The molecule has 3 aromatic rings. The van der Waals surface area contributed by atoms with Gasteiger partial charge in [0, 0.05) is 6.54 Å². The van der Waals surface area contributed by atoms with Gasteiger partial charge in [0.25, 0.3) is 0 Å². The van der Waals surface area contributed by atoms with E-state index < -0.39 is 5.60 Å². The highest BCUT2D eigenvalue weighted by Crippen LogP contribution is 2.37. The van der Waals surface area contributed by atoms with Crippen LogP contribution in [0.2, 0.25) is 0 Å². The molecule has 124 valence electrons. The highest BCUT2D eigenvalue weighted by Gasteiger charge is 2.38. The third-order valence-electron chi connectivity index (χ3n) is 4.68. The summed E-state index contributed by atoms with van der Waals surface area (Å²) in [5.41, 5.74) is 1.86. The second kappa shape index (κ2) is 6.62. The van der Waals surface area contributed by atoms with Crippen molar-refractivity contribution in [3.05, 3.63) is 89.5 Å². The molecule has 0 aliphatic rings. The minimum absolute atomic E-state index is 0.0190. The standard InChI is InChI=1S/C21H24N2O/c1-16(2)21(24,19-12-8-5-9-13-19)20-14-22-17(3)23(20)15-18-10-6-4-7-11-18/h4-14,16,24H,15H2,1-3H3. The van der Waals surface area contributed by atoms with Crippen molar-refractivity contribution in [2.45, 2.75) is 32.9 Å². The third kappa shape index (κ3) is 2.87. The molecule has 2 aromatic carbocycles. The summed E-state index contributed by atoms with van der Waals surface area (Å²) in [6.07, 6.45) is 1.81. The number of hydrogen-bond donors (Lipinski definition) is 1. The fraction of sp³-hybridized carbons (Fsp3) is 0.286. The van der Waals surface area contributed by atoms with Gasteiger partial charge in [-0.2, -0.15) is 0 Å². The monoisotopic (exact) mass is 320 g/mol. The van der Waals surface area contributed by atoms with Gasteiger partial charge in [0.2, 0.25) is 0 Å². The van der Waals surface area contributed by atoms with Crippen LogP contribution in [-0.2, 0) is 12.1 Å². The number of aliphatic hydroxyl groups is 1. The fourth-order valence-electron chi connectivity index (χ4n) is 3.21. The van der Waals surface area contributed by atoms with Gasteiger partial charge in [-0.25, -0.2) is 4.98 Å². The molecule has 0 saturated carbocycles. The lowest BCUT2D eigenvalue weighted by atomic mass is 9.80. The van der Waals surface area contributed by atoms with Crippen LogP contribution in [0.25, 0.3) is 0 Å². The van der Waals surface area contributed by atoms with Crippen molar-refractivity contribution in [2.75, 3.05) is 0 Å². The summed E-state index contributed by atoms with van der Waals surface area (Å²) >= 11 is 0. The Morgan fingerprint density at radius 1 is 1.00 bits per heavy atom. The van der Waals surface area contributed by atoms with Crippen LogP contribution in [0.15, 0.2) is 66.9 Å². The van der Waals surface area contributed by atoms with Crippen molar-refractivity contribution in [1.82, 2.24) is 9.55 Å².